The van der Waals surface area contributed by atoms with Gasteiger partial charge in [0.25, 0.3) is 0 Å². The van der Waals surface area contributed by atoms with Crippen LogP contribution in [0.4, 0.5) is 10.1 Å². The fourth-order valence-corrected chi connectivity index (χ4v) is 3.69. The summed E-state index contributed by atoms with van der Waals surface area (Å²) in [5.74, 6) is 0.974. The lowest BCUT2D eigenvalue weighted by Gasteiger charge is -2.35. The second-order valence-corrected chi connectivity index (χ2v) is 6.70. The molecule has 1 aromatic carbocycles. The molecule has 2 atom stereocenters. The summed E-state index contributed by atoms with van der Waals surface area (Å²) in [6.07, 6.45) is 1.18. The second kappa shape index (κ2) is 6.14. The number of nitrogens with two attached hydrogens (primary N) is 1. The van der Waals surface area contributed by atoms with Crippen LogP contribution in [0.3, 0.4) is 0 Å². The van der Waals surface area contributed by atoms with E-state index in [1.165, 1.54) is 6.42 Å². The van der Waals surface area contributed by atoms with Crippen molar-refractivity contribution < 1.29 is 4.39 Å². The molecule has 2 N–H and O–H groups in total. The van der Waals surface area contributed by atoms with E-state index < -0.39 is 0 Å². The molecule has 19 heavy (non-hydrogen) atoms. The van der Waals surface area contributed by atoms with Gasteiger partial charge in [0.2, 0.25) is 0 Å². The summed E-state index contributed by atoms with van der Waals surface area (Å²) < 4.78 is 13.8. The third kappa shape index (κ3) is 3.23. The molecule has 4 heteroatoms. The highest BCUT2D eigenvalue weighted by Crippen LogP contribution is 2.32. The minimum atomic E-state index is -0.158. The van der Waals surface area contributed by atoms with Gasteiger partial charge in [0.15, 0.2) is 0 Å². The van der Waals surface area contributed by atoms with E-state index in [1.807, 2.05) is 31.7 Å². The minimum Gasteiger partial charge on any atom is -0.369 e. The topological polar surface area (TPSA) is 29.3 Å². The van der Waals surface area contributed by atoms with Gasteiger partial charge >= 0.3 is 0 Å². The van der Waals surface area contributed by atoms with Crippen molar-refractivity contribution in [3.8, 4) is 0 Å². The molecule has 106 valence electrons. The summed E-state index contributed by atoms with van der Waals surface area (Å²) in [5.41, 5.74) is 8.75. The van der Waals surface area contributed by atoms with Crippen LogP contribution < -0.4 is 10.6 Å². The molecular formula is C15H23FN2S. The van der Waals surface area contributed by atoms with Gasteiger partial charge in [0.1, 0.15) is 5.82 Å². The highest BCUT2D eigenvalue weighted by Gasteiger charge is 2.22. The molecule has 1 fully saturated rings. The van der Waals surface area contributed by atoms with Crippen LogP contribution in [0, 0.1) is 12.7 Å². The summed E-state index contributed by atoms with van der Waals surface area (Å²) in [6.45, 7) is 8.02. The van der Waals surface area contributed by atoms with Crippen LogP contribution in [0.1, 0.15) is 37.4 Å². The van der Waals surface area contributed by atoms with Gasteiger partial charge in [-0.1, -0.05) is 6.92 Å². The second-order valence-electron chi connectivity index (χ2n) is 5.30. The molecule has 2 rings (SSSR count). The lowest BCUT2D eigenvalue weighted by molar-refractivity contribution is 0.611. The Morgan fingerprint density at radius 1 is 1.53 bits per heavy atom. The molecule has 2 nitrogen and oxygen atoms in total. The summed E-state index contributed by atoms with van der Waals surface area (Å²) in [6, 6.07) is 3.43. The smallest absolute Gasteiger partial charge is 0.126 e. The summed E-state index contributed by atoms with van der Waals surface area (Å²) >= 11 is 2.04. The van der Waals surface area contributed by atoms with Crippen LogP contribution in [-0.2, 0) is 0 Å². The maximum absolute atomic E-state index is 13.8. The number of halogens is 1. The zero-order valence-electron chi connectivity index (χ0n) is 11.9. The van der Waals surface area contributed by atoms with Gasteiger partial charge in [0, 0.05) is 35.8 Å². The molecule has 1 heterocycles. The number of nitrogens with zero attached hydrogens (tertiary/aromatic N) is 1. The highest BCUT2D eigenvalue weighted by molar-refractivity contribution is 8.00. The van der Waals surface area contributed by atoms with Crippen molar-refractivity contribution in [2.75, 3.05) is 23.7 Å². The third-order valence-electron chi connectivity index (χ3n) is 3.73. The Bertz CT molecular complexity index is 448. The zero-order valence-corrected chi connectivity index (χ0v) is 12.8. The van der Waals surface area contributed by atoms with Crippen molar-refractivity contribution in [3.05, 3.63) is 29.1 Å². The average molecular weight is 282 g/mol. The third-order valence-corrected chi connectivity index (χ3v) is 5.11. The first-order chi connectivity index (χ1) is 9.02. The average Bonchev–Trinajstić information content (AvgIpc) is 2.41. The van der Waals surface area contributed by atoms with Gasteiger partial charge < -0.3 is 10.6 Å². The van der Waals surface area contributed by atoms with E-state index >= 15 is 0 Å². The Labute approximate surface area is 119 Å². The summed E-state index contributed by atoms with van der Waals surface area (Å²) in [4.78, 5) is 2.37. The first kappa shape index (κ1) is 14.7. The van der Waals surface area contributed by atoms with E-state index in [2.05, 4.69) is 11.8 Å². The molecule has 1 saturated heterocycles. The molecule has 0 bridgehead atoms. The van der Waals surface area contributed by atoms with Crippen molar-refractivity contribution in [3.63, 3.8) is 0 Å². The number of anilines is 1. The van der Waals surface area contributed by atoms with Crippen LogP contribution in [-0.4, -0.2) is 24.1 Å². The largest absolute Gasteiger partial charge is 0.369 e. The Morgan fingerprint density at radius 2 is 2.26 bits per heavy atom. The Morgan fingerprint density at radius 3 is 2.89 bits per heavy atom. The number of hydrogen-bond donors (Lipinski definition) is 1. The SMILES string of the molecule is CCC1CN(c2cc(C)c(F)cc2C(C)N)CCS1. The van der Waals surface area contributed by atoms with E-state index in [-0.39, 0.29) is 11.9 Å². The number of aryl methyl sites for hydroxylation is 1. The van der Waals surface area contributed by atoms with E-state index in [0.717, 1.165) is 30.1 Å². The molecule has 0 amide bonds. The quantitative estimate of drug-likeness (QED) is 0.920. The predicted octanol–water partition coefficient (Wildman–Crippen LogP) is 3.49. The van der Waals surface area contributed by atoms with Gasteiger partial charge in [-0.3, -0.25) is 0 Å². The van der Waals surface area contributed by atoms with Gasteiger partial charge in [-0.2, -0.15) is 11.8 Å². The maximum atomic E-state index is 13.8. The number of benzene rings is 1. The molecule has 2 unspecified atom stereocenters. The standard InChI is InChI=1S/C15H23FN2S/c1-4-12-9-18(5-6-19-12)15-7-10(2)14(16)8-13(15)11(3)17/h7-8,11-12H,4-6,9,17H2,1-3H3. The van der Waals surface area contributed by atoms with Gasteiger partial charge in [-0.15, -0.1) is 0 Å². The van der Waals surface area contributed by atoms with Crippen LogP contribution in [0.25, 0.3) is 0 Å². The van der Waals surface area contributed by atoms with Gasteiger partial charge in [0.05, 0.1) is 0 Å². The first-order valence-corrected chi connectivity index (χ1v) is 8.00. The summed E-state index contributed by atoms with van der Waals surface area (Å²) in [7, 11) is 0. The monoisotopic (exact) mass is 282 g/mol. The molecular weight excluding hydrogens is 259 g/mol. The molecule has 0 spiro atoms. The van der Waals surface area contributed by atoms with E-state index in [1.54, 1.807) is 6.07 Å². The van der Waals surface area contributed by atoms with Crippen molar-refractivity contribution in [1.29, 1.82) is 0 Å². The van der Waals surface area contributed by atoms with E-state index in [9.17, 15) is 4.39 Å². The minimum absolute atomic E-state index is 0.139. The van der Waals surface area contributed by atoms with Crippen molar-refractivity contribution in [1.82, 2.24) is 0 Å². The molecule has 1 aliphatic rings. The summed E-state index contributed by atoms with van der Waals surface area (Å²) in [5, 5.41) is 0.667. The lowest BCUT2D eigenvalue weighted by Crippen LogP contribution is -2.38. The van der Waals surface area contributed by atoms with Crippen LogP contribution in [0.2, 0.25) is 0 Å². The maximum Gasteiger partial charge on any atom is 0.126 e. The molecule has 0 aromatic heterocycles. The number of thioether (sulfide) groups is 1. The van der Waals surface area contributed by atoms with Crippen molar-refractivity contribution >= 4 is 17.4 Å². The predicted molar refractivity (Wildman–Crippen MR) is 82.5 cm³/mol. The van der Waals surface area contributed by atoms with Crippen LogP contribution in [0.5, 0.6) is 0 Å². The van der Waals surface area contributed by atoms with Crippen molar-refractivity contribution in [2.45, 2.75) is 38.5 Å². The van der Waals surface area contributed by atoms with E-state index in [0.29, 0.717) is 10.8 Å². The Balaban J connectivity index is 2.34. The Hall–Kier alpha value is -0.740. The molecule has 1 aromatic rings. The zero-order chi connectivity index (χ0) is 14.0. The fourth-order valence-electron chi connectivity index (χ4n) is 2.51. The number of hydrogen-bond acceptors (Lipinski definition) is 3. The van der Waals surface area contributed by atoms with Crippen LogP contribution >= 0.6 is 11.8 Å². The molecule has 0 saturated carbocycles. The number of rotatable bonds is 3. The Kier molecular flexibility index (Phi) is 4.74. The first-order valence-electron chi connectivity index (χ1n) is 6.95. The van der Waals surface area contributed by atoms with Gasteiger partial charge in [-0.05, 0) is 43.5 Å². The molecule has 1 aliphatic heterocycles. The molecule has 0 aliphatic carbocycles. The van der Waals surface area contributed by atoms with Gasteiger partial charge in [-0.25, -0.2) is 4.39 Å². The van der Waals surface area contributed by atoms with Crippen molar-refractivity contribution in [2.24, 2.45) is 5.73 Å². The fraction of sp³-hybridized carbons (Fsp3) is 0.600. The van der Waals surface area contributed by atoms with E-state index in [4.69, 9.17) is 5.73 Å². The highest BCUT2D eigenvalue weighted by atomic mass is 32.2. The molecule has 0 radical (unpaired) electrons. The van der Waals surface area contributed by atoms with Crippen LogP contribution in [0.15, 0.2) is 12.1 Å². The lowest BCUT2D eigenvalue weighted by atomic mass is 10.0. The normalized spacial score (nSPS) is 21.5.